The number of phenols is 1. The monoisotopic (exact) mass is 542 g/mol. The summed E-state index contributed by atoms with van der Waals surface area (Å²) >= 11 is 0. The Balaban J connectivity index is 1.10. The van der Waals surface area contributed by atoms with E-state index in [1.807, 2.05) is 13.8 Å². The molecule has 8 atom stereocenters. The Labute approximate surface area is 225 Å². The van der Waals surface area contributed by atoms with Gasteiger partial charge in [-0.25, -0.2) is 14.6 Å². The van der Waals surface area contributed by atoms with Crippen LogP contribution in [-0.2, 0) is 28.8 Å². The third-order valence-corrected chi connectivity index (χ3v) is 9.34. The summed E-state index contributed by atoms with van der Waals surface area (Å²) in [6.45, 7) is 6.36. The van der Waals surface area contributed by atoms with Crippen LogP contribution in [0.25, 0.3) is 11.0 Å². The van der Waals surface area contributed by atoms with Gasteiger partial charge >= 0.3 is 17.6 Å². The van der Waals surface area contributed by atoms with Gasteiger partial charge in [-0.2, -0.15) is 0 Å². The predicted molar refractivity (Wildman–Crippen MR) is 135 cm³/mol. The van der Waals surface area contributed by atoms with Crippen molar-refractivity contribution in [3.8, 4) is 11.5 Å². The molecule has 2 aromatic rings. The van der Waals surface area contributed by atoms with Crippen LogP contribution >= 0.6 is 0 Å². The second kappa shape index (κ2) is 9.60. The second-order valence-corrected chi connectivity index (χ2v) is 11.9. The van der Waals surface area contributed by atoms with Gasteiger partial charge in [0.2, 0.25) is 6.29 Å². The van der Waals surface area contributed by atoms with Crippen LogP contribution in [0.5, 0.6) is 11.5 Å². The molecular weight excluding hydrogens is 508 g/mol. The highest BCUT2D eigenvalue weighted by molar-refractivity contribution is 5.83. The molecular formula is C29H34O10. The van der Waals surface area contributed by atoms with Crippen LogP contribution in [0.2, 0.25) is 0 Å². The molecule has 7 rings (SSSR count). The van der Waals surface area contributed by atoms with Crippen LogP contribution in [0.15, 0.2) is 33.5 Å². The molecule has 1 aromatic carbocycles. The van der Waals surface area contributed by atoms with Gasteiger partial charge in [0.05, 0.1) is 18.9 Å². The van der Waals surface area contributed by atoms with Crippen molar-refractivity contribution < 1.29 is 43.1 Å². The molecule has 5 aliphatic rings. The number of hydrogen-bond acceptors (Lipinski definition) is 10. The standard InChI is InChI=1S/C29H34O10/c1-15-4-6-19-16(2)27(36-23-14-28(3)11-10-18(15)29(19,23)39-38-28)37-26(33)9-8-25(32)35-22-12-17-5-7-24(31)34-21(17)13-20(22)30/h5,7,12-13,15-16,18-19,23,27,30H,4,6,8-11,14H2,1-3H3/t15-,16-,18+,19+,23-,27+,28+,29-/m1/s1. The van der Waals surface area contributed by atoms with E-state index in [4.69, 9.17) is 28.4 Å². The van der Waals surface area contributed by atoms with Crippen LogP contribution < -0.4 is 10.4 Å². The molecule has 3 saturated heterocycles. The van der Waals surface area contributed by atoms with Crippen molar-refractivity contribution in [1.82, 2.24) is 0 Å². The molecule has 4 heterocycles. The molecule has 2 saturated carbocycles. The molecule has 210 valence electrons. The first-order valence-corrected chi connectivity index (χ1v) is 13.8. The number of phenolic OH excluding ortho intramolecular Hbond substituents is 1. The zero-order chi connectivity index (χ0) is 27.5. The average Bonchev–Trinajstić information content (AvgIpc) is 3.12. The summed E-state index contributed by atoms with van der Waals surface area (Å²) in [5.74, 6) is -0.882. The van der Waals surface area contributed by atoms with E-state index in [2.05, 4.69) is 6.92 Å². The van der Waals surface area contributed by atoms with Gasteiger partial charge in [-0.15, -0.1) is 0 Å². The van der Waals surface area contributed by atoms with Gasteiger partial charge in [0.1, 0.15) is 16.8 Å². The van der Waals surface area contributed by atoms with Crippen molar-refractivity contribution >= 4 is 22.9 Å². The lowest BCUT2D eigenvalue weighted by atomic mass is 9.56. The van der Waals surface area contributed by atoms with E-state index < -0.39 is 35.1 Å². The Morgan fingerprint density at radius 3 is 2.67 bits per heavy atom. The highest BCUT2D eigenvalue weighted by Gasteiger charge is 2.68. The summed E-state index contributed by atoms with van der Waals surface area (Å²) in [6, 6.07) is 5.32. The largest absolute Gasteiger partial charge is 0.504 e. The van der Waals surface area contributed by atoms with Gasteiger partial charge in [-0.1, -0.05) is 13.8 Å². The minimum atomic E-state index is -0.742. The number of rotatable bonds is 5. The van der Waals surface area contributed by atoms with Crippen LogP contribution in [0, 0.1) is 23.7 Å². The molecule has 1 spiro atoms. The first-order valence-electron chi connectivity index (χ1n) is 13.8. The number of carbonyl (C=O) groups is 2. The number of fused-ring (bicyclic) bond motifs is 3. The van der Waals surface area contributed by atoms with Crippen molar-refractivity contribution in [3.63, 3.8) is 0 Å². The molecule has 0 unspecified atom stereocenters. The molecule has 1 aromatic heterocycles. The fourth-order valence-corrected chi connectivity index (χ4v) is 7.29. The minimum Gasteiger partial charge on any atom is -0.504 e. The van der Waals surface area contributed by atoms with E-state index in [1.165, 1.54) is 24.3 Å². The highest BCUT2D eigenvalue weighted by atomic mass is 17.2. The Kier molecular flexibility index (Phi) is 6.47. The zero-order valence-electron chi connectivity index (χ0n) is 22.3. The quantitative estimate of drug-likeness (QED) is 0.251. The summed E-state index contributed by atoms with van der Waals surface area (Å²) in [6.07, 6.45) is 3.20. The van der Waals surface area contributed by atoms with E-state index in [0.717, 1.165) is 25.7 Å². The Morgan fingerprint density at radius 1 is 1.05 bits per heavy atom. The molecule has 10 heteroatoms. The molecule has 2 aliphatic carbocycles. The second-order valence-electron chi connectivity index (χ2n) is 11.9. The Bertz CT molecular complexity index is 1350. The van der Waals surface area contributed by atoms with E-state index in [0.29, 0.717) is 23.6 Å². The molecule has 1 N–H and O–H groups in total. The Hall–Kier alpha value is -2.95. The summed E-state index contributed by atoms with van der Waals surface area (Å²) in [4.78, 5) is 48.9. The topological polar surface area (TPSA) is 131 Å². The number of benzene rings is 1. The first kappa shape index (κ1) is 26.3. The maximum absolute atomic E-state index is 12.8. The average molecular weight is 543 g/mol. The lowest BCUT2D eigenvalue weighted by Gasteiger charge is -2.60. The van der Waals surface area contributed by atoms with Crippen molar-refractivity contribution in [2.75, 3.05) is 0 Å². The zero-order valence-corrected chi connectivity index (χ0v) is 22.3. The van der Waals surface area contributed by atoms with Gasteiger partial charge in [0.15, 0.2) is 11.5 Å². The third kappa shape index (κ3) is 4.52. The molecule has 10 nitrogen and oxygen atoms in total. The van der Waals surface area contributed by atoms with Gasteiger partial charge in [0, 0.05) is 35.8 Å². The fourth-order valence-electron chi connectivity index (χ4n) is 7.29. The van der Waals surface area contributed by atoms with Crippen LogP contribution in [-0.4, -0.2) is 40.6 Å². The maximum atomic E-state index is 12.8. The molecule has 5 fully saturated rings. The van der Waals surface area contributed by atoms with Crippen molar-refractivity contribution in [2.24, 2.45) is 23.7 Å². The van der Waals surface area contributed by atoms with Gasteiger partial charge in [-0.05, 0) is 56.6 Å². The Morgan fingerprint density at radius 2 is 1.85 bits per heavy atom. The van der Waals surface area contributed by atoms with Gasteiger partial charge in [-0.3, -0.25) is 9.59 Å². The molecule has 0 radical (unpaired) electrons. The van der Waals surface area contributed by atoms with Gasteiger partial charge < -0.3 is 23.7 Å². The maximum Gasteiger partial charge on any atom is 0.336 e. The molecule has 39 heavy (non-hydrogen) atoms. The van der Waals surface area contributed by atoms with Crippen molar-refractivity contribution in [3.05, 3.63) is 34.7 Å². The molecule has 0 amide bonds. The van der Waals surface area contributed by atoms with Crippen molar-refractivity contribution in [2.45, 2.75) is 89.3 Å². The molecule has 3 aliphatic heterocycles. The summed E-state index contributed by atoms with van der Waals surface area (Å²) in [5.41, 5.74) is -1.37. The summed E-state index contributed by atoms with van der Waals surface area (Å²) < 4.78 is 22.5. The predicted octanol–water partition coefficient (Wildman–Crippen LogP) is 4.39. The normalized spacial score (nSPS) is 37.1. The lowest BCUT2D eigenvalue weighted by Crippen LogP contribution is -2.69. The lowest BCUT2D eigenvalue weighted by molar-refractivity contribution is -0.494. The fraction of sp³-hybridized carbons (Fsp3) is 0.621. The third-order valence-electron chi connectivity index (χ3n) is 9.34. The first-order chi connectivity index (χ1) is 18.6. The van der Waals surface area contributed by atoms with E-state index >= 15 is 0 Å². The number of ether oxygens (including phenoxy) is 3. The van der Waals surface area contributed by atoms with Crippen LogP contribution in [0.3, 0.4) is 0 Å². The smallest absolute Gasteiger partial charge is 0.336 e. The summed E-state index contributed by atoms with van der Waals surface area (Å²) in [7, 11) is 0. The molecule has 2 bridgehead atoms. The number of hydrogen-bond donors (Lipinski definition) is 1. The van der Waals surface area contributed by atoms with E-state index in [1.54, 1.807) is 0 Å². The minimum absolute atomic E-state index is 0.0931. The summed E-state index contributed by atoms with van der Waals surface area (Å²) in [5, 5.41) is 10.6. The van der Waals surface area contributed by atoms with Crippen LogP contribution in [0.4, 0.5) is 0 Å². The van der Waals surface area contributed by atoms with Crippen molar-refractivity contribution in [1.29, 1.82) is 0 Å². The number of esters is 2. The van der Waals surface area contributed by atoms with Crippen LogP contribution in [0.1, 0.15) is 65.7 Å². The SMILES string of the molecule is C[C@H]1[C@H](OC(=O)CCC(=O)Oc2cc3ccc(=O)oc3cc2O)O[C@@H]2C[C@]3(C)CC[C@H]4[C@H](C)CC[C@@H]1[C@@]24OO3. The van der Waals surface area contributed by atoms with E-state index in [9.17, 15) is 19.5 Å². The number of aromatic hydroxyl groups is 1. The highest BCUT2D eigenvalue weighted by Crippen LogP contribution is 2.61. The number of carbonyl (C=O) groups excluding carboxylic acids is 2. The van der Waals surface area contributed by atoms with E-state index in [-0.39, 0.29) is 47.9 Å². The van der Waals surface area contributed by atoms with Gasteiger partial charge in [0.25, 0.3) is 0 Å².